The highest BCUT2D eigenvalue weighted by atomic mass is 35.5. The number of hydrogen-bond acceptors (Lipinski definition) is 4. The number of hydrogen-bond donors (Lipinski definition) is 1. The van der Waals surface area contributed by atoms with E-state index >= 15 is 0 Å². The molecule has 5 rings (SSSR count). The van der Waals surface area contributed by atoms with Crippen LogP contribution in [-0.2, 0) is 11.3 Å². The molecule has 1 amide bonds. The number of benzene rings is 1. The summed E-state index contributed by atoms with van der Waals surface area (Å²) in [5.74, 6) is 1.10. The van der Waals surface area contributed by atoms with Crippen LogP contribution in [0.2, 0.25) is 5.02 Å². The number of aliphatic hydroxyl groups is 1. The Labute approximate surface area is 163 Å². The Kier molecular flexibility index (Phi) is 4.47. The van der Waals surface area contributed by atoms with Crippen LogP contribution in [0.5, 0.6) is 0 Å². The zero-order valence-corrected chi connectivity index (χ0v) is 16.2. The summed E-state index contributed by atoms with van der Waals surface area (Å²) in [5.41, 5.74) is -0.118. The number of amides is 1. The minimum absolute atomic E-state index is 0.0168. The summed E-state index contributed by atoms with van der Waals surface area (Å²) in [6.45, 7) is 0.243. The number of nitro groups is 1. The number of nitrogens with zero attached hydrogens (tertiary/aromatic N) is 2. The van der Waals surface area contributed by atoms with Gasteiger partial charge in [-0.25, -0.2) is 0 Å². The molecule has 0 aliphatic heterocycles. The van der Waals surface area contributed by atoms with Gasteiger partial charge in [-0.05, 0) is 67.4 Å². The van der Waals surface area contributed by atoms with Crippen molar-refractivity contribution in [3.63, 3.8) is 0 Å². The molecule has 0 heterocycles. The molecule has 6 nitrogen and oxygen atoms in total. The zero-order chi connectivity index (χ0) is 19.4. The van der Waals surface area contributed by atoms with Gasteiger partial charge >= 0.3 is 0 Å². The molecule has 4 bridgehead atoms. The van der Waals surface area contributed by atoms with Crippen molar-refractivity contribution < 1.29 is 14.8 Å². The van der Waals surface area contributed by atoms with Crippen LogP contribution < -0.4 is 0 Å². The second-order valence-electron chi connectivity index (χ2n) is 9.14. The molecule has 4 saturated carbocycles. The van der Waals surface area contributed by atoms with E-state index in [1.807, 2.05) is 0 Å². The first-order valence-corrected chi connectivity index (χ1v) is 9.94. The fraction of sp³-hybridized carbons (Fsp3) is 0.650. The minimum Gasteiger partial charge on any atom is -0.390 e. The van der Waals surface area contributed by atoms with Gasteiger partial charge in [-0.15, -0.1) is 0 Å². The number of halogens is 1. The van der Waals surface area contributed by atoms with Crippen molar-refractivity contribution in [1.29, 1.82) is 0 Å². The van der Waals surface area contributed by atoms with Gasteiger partial charge in [0.15, 0.2) is 0 Å². The van der Waals surface area contributed by atoms with E-state index in [4.69, 9.17) is 11.6 Å². The third kappa shape index (κ3) is 3.57. The van der Waals surface area contributed by atoms with Gasteiger partial charge in [0.05, 0.1) is 10.5 Å². The molecule has 0 radical (unpaired) electrons. The standard InChI is InChI=1S/C20H25ClN2O4/c1-22(11-15-5-16(23(26)27)2-3-17(15)21)18(24)10-19-6-13-4-14(7-19)9-20(25,8-13)12-19/h2-3,5,13-14,25H,4,6-12H2,1H3. The smallest absolute Gasteiger partial charge is 0.269 e. The average molecular weight is 393 g/mol. The summed E-state index contributed by atoms with van der Waals surface area (Å²) in [6, 6.07) is 4.30. The Morgan fingerprint density at radius 2 is 2.00 bits per heavy atom. The highest BCUT2D eigenvalue weighted by Crippen LogP contribution is 2.62. The predicted octanol–water partition coefficient (Wildman–Crippen LogP) is 3.93. The van der Waals surface area contributed by atoms with Crippen molar-refractivity contribution in [2.45, 2.75) is 57.1 Å². The van der Waals surface area contributed by atoms with Crippen molar-refractivity contribution in [1.82, 2.24) is 4.90 Å². The van der Waals surface area contributed by atoms with Crippen molar-refractivity contribution in [2.75, 3.05) is 7.05 Å². The number of carbonyl (C=O) groups is 1. The SMILES string of the molecule is CN(Cc1cc([N+](=O)[O-])ccc1Cl)C(=O)CC12CC3CC(CC(O)(C3)C1)C2. The summed E-state index contributed by atoms with van der Waals surface area (Å²) in [6.07, 6.45) is 6.19. The largest absolute Gasteiger partial charge is 0.390 e. The summed E-state index contributed by atoms with van der Waals surface area (Å²) in [4.78, 5) is 25.1. The number of non-ortho nitro benzene ring substituents is 1. The van der Waals surface area contributed by atoms with E-state index in [-0.39, 0.29) is 23.6 Å². The third-order valence-corrected chi connectivity index (χ3v) is 7.12. The van der Waals surface area contributed by atoms with E-state index in [2.05, 4.69) is 0 Å². The second kappa shape index (κ2) is 6.45. The van der Waals surface area contributed by atoms with Gasteiger partial charge in [0.1, 0.15) is 0 Å². The predicted molar refractivity (Wildman–Crippen MR) is 101 cm³/mol. The van der Waals surface area contributed by atoms with Crippen LogP contribution >= 0.6 is 11.6 Å². The van der Waals surface area contributed by atoms with Gasteiger partial charge in [-0.2, -0.15) is 0 Å². The molecule has 0 saturated heterocycles. The van der Waals surface area contributed by atoms with Gasteiger partial charge < -0.3 is 10.0 Å². The molecule has 0 spiro atoms. The van der Waals surface area contributed by atoms with Gasteiger partial charge in [0, 0.05) is 37.2 Å². The summed E-state index contributed by atoms with van der Waals surface area (Å²) >= 11 is 6.17. The lowest BCUT2D eigenvalue weighted by Crippen LogP contribution is -2.56. The second-order valence-corrected chi connectivity index (χ2v) is 9.55. The minimum atomic E-state index is -0.577. The van der Waals surface area contributed by atoms with Crippen molar-refractivity contribution in [3.05, 3.63) is 38.9 Å². The summed E-state index contributed by atoms with van der Waals surface area (Å²) < 4.78 is 0. The fourth-order valence-corrected chi connectivity index (χ4v) is 6.38. The molecule has 0 aromatic heterocycles. The maximum Gasteiger partial charge on any atom is 0.269 e. The molecule has 4 aliphatic carbocycles. The molecule has 146 valence electrons. The number of carbonyl (C=O) groups excluding carboxylic acids is 1. The van der Waals surface area contributed by atoms with Crippen molar-refractivity contribution in [2.24, 2.45) is 17.3 Å². The Hall–Kier alpha value is -1.66. The van der Waals surface area contributed by atoms with Crippen LogP contribution in [-0.4, -0.2) is 33.5 Å². The van der Waals surface area contributed by atoms with Crippen LogP contribution in [0, 0.1) is 27.4 Å². The van der Waals surface area contributed by atoms with Crippen LogP contribution in [0.3, 0.4) is 0 Å². The van der Waals surface area contributed by atoms with E-state index in [0.717, 1.165) is 32.1 Å². The average Bonchev–Trinajstić information content (AvgIpc) is 2.53. The van der Waals surface area contributed by atoms with Gasteiger partial charge in [-0.3, -0.25) is 14.9 Å². The molecule has 1 aromatic carbocycles. The molecule has 1 N–H and O–H groups in total. The lowest BCUT2D eigenvalue weighted by molar-refractivity contribution is -0.384. The molecule has 2 atom stereocenters. The number of nitro benzene ring substituents is 1. The maximum absolute atomic E-state index is 12.9. The van der Waals surface area contributed by atoms with E-state index in [9.17, 15) is 20.0 Å². The van der Waals surface area contributed by atoms with Crippen molar-refractivity contribution >= 4 is 23.2 Å². The lowest BCUT2D eigenvalue weighted by Gasteiger charge is -2.60. The highest BCUT2D eigenvalue weighted by molar-refractivity contribution is 6.31. The summed E-state index contributed by atoms with van der Waals surface area (Å²) in [7, 11) is 1.71. The first-order chi connectivity index (χ1) is 12.7. The normalized spacial score (nSPS) is 33.9. The Bertz CT molecular complexity index is 782. The highest BCUT2D eigenvalue weighted by Gasteiger charge is 2.57. The van der Waals surface area contributed by atoms with Crippen molar-refractivity contribution in [3.8, 4) is 0 Å². The lowest BCUT2D eigenvalue weighted by atomic mass is 9.47. The molecular formula is C20H25ClN2O4. The molecule has 1 aromatic rings. The zero-order valence-electron chi connectivity index (χ0n) is 15.5. The van der Waals surface area contributed by atoms with Gasteiger partial charge in [0.25, 0.3) is 5.69 Å². The Morgan fingerprint density at radius 3 is 2.59 bits per heavy atom. The van der Waals surface area contributed by atoms with Crippen LogP contribution in [0.4, 0.5) is 5.69 Å². The molecule has 2 unspecified atom stereocenters. The maximum atomic E-state index is 12.9. The molecular weight excluding hydrogens is 368 g/mol. The van der Waals surface area contributed by atoms with E-state index in [0.29, 0.717) is 28.8 Å². The topological polar surface area (TPSA) is 83.7 Å². The quantitative estimate of drug-likeness (QED) is 0.607. The molecule has 27 heavy (non-hydrogen) atoms. The van der Waals surface area contributed by atoms with Crippen LogP contribution in [0.1, 0.15) is 50.5 Å². The Balaban J connectivity index is 1.46. The third-order valence-electron chi connectivity index (χ3n) is 6.75. The first kappa shape index (κ1) is 18.7. The monoisotopic (exact) mass is 392 g/mol. The molecule has 7 heteroatoms. The van der Waals surface area contributed by atoms with E-state index < -0.39 is 10.5 Å². The van der Waals surface area contributed by atoms with E-state index in [1.165, 1.54) is 24.6 Å². The fourth-order valence-electron chi connectivity index (χ4n) is 6.20. The first-order valence-electron chi connectivity index (χ1n) is 9.56. The summed E-state index contributed by atoms with van der Waals surface area (Å²) in [5, 5.41) is 22.3. The van der Waals surface area contributed by atoms with E-state index in [1.54, 1.807) is 11.9 Å². The molecule has 4 fully saturated rings. The van der Waals surface area contributed by atoms with Gasteiger partial charge in [0.2, 0.25) is 5.91 Å². The van der Waals surface area contributed by atoms with Gasteiger partial charge in [-0.1, -0.05) is 11.6 Å². The van der Waals surface area contributed by atoms with Crippen LogP contribution in [0.15, 0.2) is 18.2 Å². The number of rotatable bonds is 5. The van der Waals surface area contributed by atoms with Crippen LogP contribution in [0.25, 0.3) is 0 Å². The molecule has 4 aliphatic rings. The Morgan fingerprint density at radius 1 is 1.33 bits per heavy atom.